The highest BCUT2D eigenvalue weighted by Gasteiger charge is 2.32. The van der Waals surface area contributed by atoms with Gasteiger partial charge in [0, 0.05) is 23.1 Å². The second-order valence-corrected chi connectivity index (χ2v) is 10.8. The summed E-state index contributed by atoms with van der Waals surface area (Å²) in [4.78, 5) is 27.6. The number of carbonyl (C=O) groups is 2. The zero-order valence-electron chi connectivity index (χ0n) is 20.2. The molecular formula is C26H26Cl2FN3O4S. The molecule has 3 aromatic rings. The SMILES string of the molecule is CCNC(=O)[C@H](C)N(Cc1ccc(Cl)cc1Cl)C(=O)CN(c1ccc(F)cc1)S(=O)(=O)c1ccccc1. The number of hydrogen-bond acceptors (Lipinski definition) is 4. The van der Waals surface area contributed by atoms with E-state index in [9.17, 15) is 22.4 Å². The summed E-state index contributed by atoms with van der Waals surface area (Å²) in [5, 5.41) is 3.37. The molecule has 0 unspecified atom stereocenters. The summed E-state index contributed by atoms with van der Waals surface area (Å²) in [7, 11) is -4.22. The molecular weight excluding hydrogens is 540 g/mol. The third kappa shape index (κ3) is 7.00. The fourth-order valence-electron chi connectivity index (χ4n) is 3.59. The van der Waals surface area contributed by atoms with Crippen molar-refractivity contribution in [3.8, 4) is 0 Å². The Bertz CT molecular complexity index is 1360. The van der Waals surface area contributed by atoms with E-state index in [1.807, 2.05) is 0 Å². The van der Waals surface area contributed by atoms with Gasteiger partial charge < -0.3 is 10.2 Å². The maximum Gasteiger partial charge on any atom is 0.264 e. The van der Waals surface area contributed by atoms with Crippen molar-refractivity contribution in [3.63, 3.8) is 0 Å². The molecule has 0 radical (unpaired) electrons. The van der Waals surface area contributed by atoms with Crippen molar-refractivity contribution in [2.75, 3.05) is 17.4 Å². The average Bonchev–Trinajstić information content (AvgIpc) is 2.87. The first-order valence-corrected chi connectivity index (χ1v) is 13.6. The van der Waals surface area contributed by atoms with Gasteiger partial charge in [-0.05, 0) is 67.9 Å². The van der Waals surface area contributed by atoms with Crippen molar-refractivity contribution in [1.29, 1.82) is 0 Å². The highest BCUT2D eigenvalue weighted by Crippen LogP contribution is 2.26. The number of carbonyl (C=O) groups excluding carboxylic acids is 2. The second kappa shape index (κ2) is 12.4. The molecule has 0 heterocycles. The maximum atomic E-state index is 13.7. The van der Waals surface area contributed by atoms with Gasteiger partial charge in [-0.1, -0.05) is 47.5 Å². The summed E-state index contributed by atoms with van der Waals surface area (Å²) in [6, 6.07) is 16.2. The van der Waals surface area contributed by atoms with E-state index in [1.165, 1.54) is 35.2 Å². The molecule has 0 spiro atoms. The van der Waals surface area contributed by atoms with Crippen LogP contribution >= 0.6 is 23.2 Å². The molecule has 37 heavy (non-hydrogen) atoms. The molecule has 0 aromatic heterocycles. The largest absolute Gasteiger partial charge is 0.355 e. The monoisotopic (exact) mass is 565 g/mol. The van der Waals surface area contributed by atoms with Crippen LogP contribution < -0.4 is 9.62 Å². The number of rotatable bonds is 10. The first-order valence-electron chi connectivity index (χ1n) is 11.4. The van der Waals surface area contributed by atoms with Crippen molar-refractivity contribution >= 4 is 50.7 Å². The third-order valence-electron chi connectivity index (χ3n) is 5.60. The summed E-state index contributed by atoms with van der Waals surface area (Å²) in [5.41, 5.74) is 0.614. The van der Waals surface area contributed by atoms with Crippen LogP contribution in [0.5, 0.6) is 0 Å². The lowest BCUT2D eigenvalue weighted by Crippen LogP contribution is -2.51. The molecule has 7 nitrogen and oxygen atoms in total. The molecule has 3 aromatic carbocycles. The fourth-order valence-corrected chi connectivity index (χ4v) is 5.50. The molecule has 1 N–H and O–H groups in total. The lowest BCUT2D eigenvalue weighted by atomic mass is 10.1. The quantitative estimate of drug-likeness (QED) is 0.379. The molecule has 0 fully saturated rings. The number of anilines is 1. The van der Waals surface area contributed by atoms with Gasteiger partial charge in [0.2, 0.25) is 11.8 Å². The Labute approximate surface area is 225 Å². The number of likely N-dealkylation sites (N-methyl/N-ethyl adjacent to an activating group) is 1. The molecule has 2 amide bonds. The number of amides is 2. The Hall–Kier alpha value is -3.14. The van der Waals surface area contributed by atoms with Crippen LogP contribution in [0.4, 0.5) is 10.1 Å². The van der Waals surface area contributed by atoms with Gasteiger partial charge in [0.25, 0.3) is 10.0 Å². The summed E-state index contributed by atoms with van der Waals surface area (Å²) >= 11 is 12.3. The molecule has 196 valence electrons. The first-order chi connectivity index (χ1) is 17.5. The average molecular weight is 566 g/mol. The van der Waals surface area contributed by atoms with Gasteiger partial charge >= 0.3 is 0 Å². The van der Waals surface area contributed by atoms with E-state index in [0.717, 1.165) is 16.4 Å². The Morgan fingerprint density at radius 3 is 2.24 bits per heavy atom. The Morgan fingerprint density at radius 1 is 1.00 bits per heavy atom. The lowest BCUT2D eigenvalue weighted by Gasteiger charge is -2.32. The van der Waals surface area contributed by atoms with Crippen molar-refractivity contribution in [1.82, 2.24) is 10.2 Å². The number of sulfonamides is 1. The molecule has 0 aliphatic carbocycles. The predicted molar refractivity (Wildman–Crippen MR) is 143 cm³/mol. The van der Waals surface area contributed by atoms with Crippen molar-refractivity contribution in [2.24, 2.45) is 0 Å². The third-order valence-corrected chi connectivity index (χ3v) is 7.97. The van der Waals surface area contributed by atoms with E-state index in [1.54, 1.807) is 44.2 Å². The smallest absolute Gasteiger partial charge is 0.264 e. The maximum absolute atomic E-state index is 13.7. The van der Waals surface area contributed by atoms with E-state index in [4.69, 9.17) is 23.2 Å². The van der Waals surface area contributed by atoms with Crippen LogP contribution in [0.2, 0.25) is 10.0 Å². The highest BCUT2D eigenvalue weighted by atomic mass is 35.5. The number of hydrogen-bond donors (Lipinski definition) is 1. The molecule has 0 saturated heterocycles. The summed E-state index contributed by atoms with van der Waals surface area (Å²) in [6.07, 6.45) is 0. The van der Waals surface area contributed by atoms with E-state index >= 15 is 0 Å². The van der Waals surface area contributed by atoms with Crippen molar-refractivity contribution in [2.45, 2.75) is 31.3 Å². The number of halogens is 3. The molecule has 11 heteroatoms. The van der Waals surface area contributed by atoms with Crippen molar-refractivity contribution in [3.05, 3.63) is 94.2 Å². The molecule has 3 rings (SSSR count). The van der Waals surface area contributed by atoms with E-state index in [2.05, 4.69) is 5.32 Å². The molecule has 0 aliphatic rings. The Kier molecular flexibility index (Phi) is 9.53. The topological polar surface area (TPSA) is 86.8 Å². The summed E-state index contributed by atoms with van der Waals surface area (Å²) < 4.78 is 41.7. The van der Waals surface area contributed by atoms with Crippen LogP contribution in [0.15, 0.2) is 77.7 Å². The van der Waals surface area contributed by atoms with Gasteiger partial charge in [-0.25, -0.2) is 12.8 Å². The summed E-state index contributed by atoms with van der Waals surface area (Å²) in [5.74, 6) is -1.63. The molecule has 0 saturated carbocycles. The number of nitrogens with one attached hydrogen (secondary N) is 1. The van der Waals surface area contributed by atoms with Gasteiger partial charge in [0.15, 0.2) is 0 Å². The van der Waals surface area contributed by atoms with Crippen LogP contribution in [-0.2, 0) is 26.2 Å². The standard InChI is InChI=1S/C26H26Cl2FN3O4S/c1-3-30-26(34)18(2)31(16-19-9-10-20(27)15-24(19)28)25(33)17-32(22-13-11-21(29)12-14-22)37(35,36)23-7-5-4-6-8-23/h4-15,18H,3,16-17H2,1-2H3,(H,30,34)/t18-/m0/s1. The van der Waals surface area contributed by atoms with Crippen LogP contribution in [-0.4, -0.2) is 44.3 Å². The van der Waals surface area contributed by atoms with Gasteiger partial charge in [-0.2, -0.15) is 0 Å². The Balaban J connectivity index is 2.03. The lowest BCUT2D eigenvalue weighted by molar-refractivity contribution is -0.139. The normalized spacial score (nSPS) is 12.0. The van der Waals surface area contributed by atoms with Crippen molar-refractivity contribution < 1.29 is 22.4 Å². The minimum absolute atomic E-state index is 0.0452. The zero-order valence-corrected chi connectivity index (χ0v) is 22.5. The minimum atomic E-state index is -4.22. The minimum Gasteiger partial charge on any atom is -0.355 e. The molecule has 1 atom stereocenters. The van der Waals surface area contributed by atoms with Gasteiger partial charge in [-0.15, -0.1) is 0 Å². The second-order valence-electron chi connectivity index (χ2n) is 8.13. The zero-order chi connectivity index (χ0) is 27.2. The number of nitrogens with zero attached hydrogens (tertiary/aromatic N) is 2. The van der Waals surface area contributed by atoms with Crippen LogP contribution in [0.1, 0.15) is 19.4 Å². The highest BCUT2D eigenvalue weighted by molar-refractivity contribution is 7.92. The first kappa shape index (κ1) is 28.4. The summed E-state index contributed by atoms with van der Waals surface area (Å²) in [6.45, 7) is 2.92. The molecule has 0 bridgehead atoms. The van der Waals surface area contributed by atoms with Crippen LogP contribution in [0.25, 0.3) is 0 Å². The predicted octanol–water partition coefficient (Wildman–Crippen LogP) is 4.88. The fraction of sp³-hybridized carbons (Fsp3) is 0.231. The molecule has 0 aliphatic heterocycles. The number of benzene rings is 3. The van der Waals surface area contributed by atoms with E-state index < -0.39 is 40.2 Å². The van der Waals surface area contributed by atoms with Gasteiger partial charge in [-0.3, -0.25) is 13.9 Å². The van der Waals surface area contributed by atoms with E-state index in [0.29, 0.717) is 22.2 Å². The van der Waals surface area contributed by atoms with Gasteiger partial charge in [0.05, 0.1) is 10.6 Å². The van der Waals surface area contributed by atoms with Crippen LogP contribution in [0.3, 0.4) is 0 Å². The Morgan fingerprint density at radius 2 is 1.65 bits per heavy atom. The van der Waals surface area contributed by atoms with Gasteiger partial charge in [0.1, 0.15) is 18.4 Å². The van der Waals surface area contributed by atoms with E-state index in [-0.39, 0.29) is 17.1 Å². The van der Waals surface area contributed by atoms with Crippen LogP contribution in [0, 0.1) is 5.82 Å².